The van der Waals surface area contributed by atoms with Crippen molar-refractivity contribution < 1.29 is 4.79 Å². The monoisotopic (exact) mass is 483 g/mol. The molecule has 0 unspecified atom stereocenters. The van der Waals surface area contributed by atoms with Gasteiger partial charge in [0.15, 0.2) is 0 Å². The Bertz CT molecular complexity index is 1860. The zero-order valence-corrected chi connectivity index (χ0v) is 20.5. The van der Waals surface area contributed by atoms with Crippen LogP contribution >= 0.6 is 0 Å². The number of fused-ring (bicyclic) bond motifs is 3. The number of aromatic nitrogens is 3. The molecule has 0 aliphatic heterocycles. The number of amides is 1. The summed E-state index contributed by atoms with van der Waals surface area (Å²) in [6, 6.07) is 27.2. The van der Waals surface area contributed by atoms with Crippen molar-refractivity contribution in [3.63, 3.8) is 0 Å². The quantitative estimate of drug-likeness (QED) is 0.226. The van der Waals surface area contributed by atoms with E-state index in [2.05, 4.69) is 98.9 Å². The van der Waals surface area contributed by atoms with E-state index in [1.807, 2.05) is 6.07 Å². The van der Waals surface area contributed by atoms with E-state index < -0.39 is 0 Å². The number of carbonyl (C=O) groups excluding carboxylic acids is 1. The topological polar surface area (TPSA) is 75.1 Å². The number of nitrogens with one attached hydrogen (secondary N) is 2. The fraction of sp³-hybridized carbons (Fsp3) is 0.129. The standard InChI is InChI=1S/C31H25N5O/c1-2-36-28-9-4-3-7-23(28)25-16-19(10-15-29(25)36)18-32-35-31(37)27-17-26(33-34-27)22-14-13-21-12-11-20-6-5-8-24(22)30(20)21/h3-10,13-18H,2,11-12H2,1H3,(H,33,34)(H,35,37). The molecule has 0 saturated carbocycles. The van der Waals surface area contributed by atoms with Crippen molar-refractivity contribution in [3.8, 4) is 11.3 Å². The molecule has 0 spiro atoms. The maximum atomic E-state index is 12.8. The molecule has 0 radical (unpaired) electrons. The zero-order chi connectivity index (χ0) is 24.9. The summed E-state index contributed by atoms with van der Waals surface area (Å²) in [5, 5.41) is 16.4. The van der Waals surface area contributed by atoms with E-state index in [9.17, 15) is 4.79 Å². The largest absolute Gasteiger partial charge is 0.341 e. The third-order valence-corrected chi connectivity index (χ3v) is 7.47. The molecule has 0 saturated heterocycles. The Kier molecular flexibility index (Phi) is 4.92. The molecule has 2 N–H and O–H groups in total. The van der Waals surface area contributed by atoms with Gasteiger partial charge in [0.25, 0.3) is 5.91 Å². The summed E-state index contributed by atoms with van der Waals surface area (Å²) >= 11 is 0. The van der Waals surface area contributed by atoms with Gasteiger partial charge in [0.05, 0.1) is 11.9 Å². The lowest BCUT2D eigenvalue weighted by Gasteiger charge is -2.06. The van der Waals surface area contributed by atoms with Crippen molar-refractivity contribution in [1.82, 2.24) is 20.2 Å². The molecular weight excluding hydrogens is 458 g/mol. The molecule has 6 heteroatoms. The maximum Gasteiger partial charge on any atom is 0.289 e. The minimum atomic E-state index is -0.329. The van der Waals surface area contributed by atoms with Gasteiger partial charge < -0.3 is 4.57 Å². The summed E-state index contributed by atoms with van der Waals surface area (Å²) < 4.78 is 2.31. The van der Waals surface area contributed by atoms with Crippen LogP contribution in [-0.2, 0) is 19.4 Å². The van der Waals surface area contributed by atoms with E-state index in [1.165, 1.54) is 43.7 Å². The van der Waals surface area contributed by atoms with E-state index >= 15 is 0 Å². The average Bonchev–Trinajstić information content (AvgIpc) is 3.66. The Morgan fingerprint density at radius 1 is 0.946 bits per heavy atom. The molecule has 2 aromatic heterocycles. The molecule has 1 aliphatic carbocycles. The fourth-order valence-electron chi connectivity index (χ4n) is 5.76. The van der Waals surface area contributed by atoms with Crippen molar-refractivity contribution in [3.05, 3.63) is 101 Å². The number of nitrogens with zero attached hydrogens (tertiary/aromatic N) is 3. The first-order valence-corrected chi connectivity index (χ1v) is 12.6. The maximum absolute atomic E-state index is 12.8. The van der Waals surface area contributed by atoms with Crippen molar-refractivity contribution in [1.29, 1.82) is 0 Å². The van der Waals surface area contributed by atoms with E-state index in [-0.39, 0.29) is 5.91 Å². The molecule has 1 amide bonds. The van der Waals surface area contributed by atoms with Crippen LogP contribution in [-0.4, -0.2) is 26.9 Å². The predicted molar refractivity (Wildman–Crippen MR) is 149 cm³/mol. The Hall–Kier alpha value is -4.71. The number of rotatable bonds is 5. The van der Waals surface area contributed by atoms with Gasteiger partial charge in [-0.2, -0.15) is 10.2 Å². The highest BCUT2D eigenvalue weighted by molar-refractivity contribution is 6.09. The zero-order valence-electron chi connectivity index (χ0n) is 20.5. The van der Waals surface area contributed by atoms with Crippen LogP contribution in [0.25, 0.3) is 43.8 Å². The smallest absolute Gasteiger partial charge is 0.289 e. The number of aryl methyl sites for hydroxylation is 3. The normalized spacial score (nSPS) is 12.9. The van der Waals surface area contributed by atoms with Crippen LogP contribution in [0, 0.1) is 0 Å². The van der Waals surface area contributed by atoms with Crippen LogP contribution in [0.15, 0.2) is 84.0 Å². The minimum absolute atomic E-state index is 0.329. The molecule has 180 valence electrons. The van der Waals surface area contributed by atoms with E-state index in [1.54, 1.807) is 12.3 Å². The second kappa shape index (κ2) is 8.45. The first-order valence-electron chi connectivity index (χ1n) is 12.6. The molecule has 2 heterocycles. The van der Waals surface area contributed by atoms with Crippen LogP contribution in [0.3, 0.4) is 0 Å². The third kappa shape index (κ3) is 3.44. The van der Waals surface area contributed by atoms with Crippen LogP contribution < -0.4 is 5.43 Å². The molecule has 0 fully saturated rings. The summed E-state index contributed by atoms with van der Waals surface area (Å²) in [5.41, 5.74) is 10.9. The molecule has 4 aromatic carbocycles. The van der Waals surface area contributed by atoms with E-state index in [0.717, 1.165) is 36.2 Å². The van der Waals surface area contributed by atoms with Gasteiger partial charge in [0.2, 0.25) is 0 Å². The van der Waals surface area contributed by atoms with Gasteiger partial charge in [0.1, 0.15) is 5.69 Å². The van der Waals surface area contributed by atoms with Crippen LogP contribution in [0.5, 0.6) is 0 Å². The highest BCUT2D eigenvalue weighted by Gasteiger charge is 2.18. The second-order valence-electron chi connectivity index (χ2n) is 9.52. The molecule has 0 atom stereocenters. The fourth-order valence-corrected chi connectivity index (χ4v) is 5.76. The molecule has 6 aromatic rings. The summed E-state index contributed by atoms with van der Waals surface area (Å²) in [6.07, 6.45) is 3.84. The van der Waals surface area contributed by atoms with E-state index in [0.29, 0.717) is 5.69 Å². The number of hydrogen-bond acceptors (Lipinski definition) is 3. The van der Waals surface area contributed by atoms with Gasteiger partial charge in [-0.1, -0.05) is 54.6 Å². The van der Waals surface area contributed by atoms with Gasteiger partial charge in [0, 0.05) is 33.9 Å². The van der Waals surface area contributed by atoms with Gasteiger partial charge in [-0.15, -0.1) is 0 Å². The highest BCUT2D eigenvalue weighted by atomic mass is 16.2. The third-order valence-electron chi connectivity index (χ3n) is 7.47. The van der Waals surface area contributed by atoms with Crippen molar-refractivity contribution in [2.24, 2.45) is 5.10 Å². The van der Waals surface area contributed by atoms with Crippen LogP contribution in [0.4, 0.5) is 0 Å². The first-order chi connectivity index (χ1) is 18.2. The SMILES string of the molecule is CCn1c2ccccc2c2cc(C=NNC(=O)c3cc(-c4ccc5c6c(cccc46)CC5)n[nH]3)ccc21. The Morgan fingerprint density at radius 2 is 1.76 bits per heavy atom. The lowest BCUT2D eigenvalue weighted by Crippen LogP contribution is -2.18. The van der Waals surface area contributed by atoms with Gasteiger partial charge in [-0.05, 0) is 71.5 Å². The minimum Gasteiger partial charge on any atom is -0.341 e. The Morgan fingerprint density at radius 3 is 2.65 bits per heavy atom. The molecule has 6 nitrogen and oxygen atoms in total. The van der Waals surface area contributed by atoms with Crippen LogP contribution in [0.2, 0.25) is 0 Å². The molecular formula is C31H25N5O. The number of carbonyl (C=O) groups is 1. The number of aromatic amines is 1. The second-order valence-corrected chi connectivity index (χ2v) is 9.52. The summed E-state index contributed by atoms with van der Waals surface area (Å²) in [4.78, 5) is 12.8. The van der Waals surface area contributed by atoms with Crippen LogP contribution in [0.1, 0.15) is 34.1 Å². The summed E-state index contributed by atoms with van der Waals surface area (Å²) in [5.74, 6) is -0.329. The molecule has 1 aliphatic rings. The number of benzene rings is 4. The molecule has 7 rings (SSSR count). The summed E-state index contributed by atoms with van der Waals surface area (Å²) in [6.45, 7) is 3.06. The van der Waals surface area contributed by atoms with Gasteiger partial charge >= 0.3 is 0 Å². The van der Waals surface area contributed by atoms with Gasteiger partial charge in [-0.25, -0.2) is 5.43 Å². The molecule has 37 heavy (non-hydrogen) atoms. The average molecular weight is 484 g/mol. The Balaban J connectivity index is 1.13. The lowest BCUT2D eigenvalue weighted by molar-refractivity contribution is 0.0950. The van der Waals surface area contributed by atoms with Crippen molar-refractivity contribution >= 4 is 44.7 Å². The van der Waals surface area contributed by atoms with Crippen molar-refractivity contribution in [2.75, 3.05) is 0 Å². The number of para-hydroxylation sites is 1. The Labute approximate surface area is 213 Å². The predicted octanol–water partition coefficient (Wildman–Crippen LogP) is 6.22. The van der Waals surface area contributed by atoms with E-state index in [4.69, 9.17) is 0 Å². The number of hydrogen-bond donors (Lipinski definition) is 2. The summed E-state index contributed by atoms with van der Waals surface area (Å²) in [7, 11) is 0. The molecule has 0 bridgehead atoms. The lowest BCUT2D eigenvalue weighted by atomic mass is 9.98. The highest BCUT2D eigenvalue weighted by Crippen LogP contribution is 2.36. The first kappa shape index (κ1) is 21.6. The van der Waals surface area contributed by atoms with Gasteiger partial charge in [-0.3, -0.25) is 9.89 Å². The van der Waals surface area contributed by atoms with Crippen molar-refractivity contribution in [2.45, 2.75) is 26.3 Å². The number of hydrazone groups is 1. The number of H-pyrrole nitrogens is 1.